The number of fused-ring (bicyclic) bond motifs is 1. The summed E-state index contributed by atoms with van der Waals surface area (Å²) in [4.78, 5) is 16.8. The van der Waals surface area contributed by atoms with E-state index in [9.17, 15) is 9.90 Å². The van der Waals surface area contributed by atoms with Gasteiger partial charge in [-0.05, 0) is 34.4 Å². The Bertz CT molecular complexity index is 1600. The summed E-state index contributed by atoms with van der Waals surface area (Å²) in [5, 5.41) is 15.3. The summed E-state index contributed by atoms with van der Waals surface area (Å²) < 4.78 is 15.1. The van der Waals surface area contributed by atoms with Crippen molar-refractivity contribution < 1.29 is 19.4 Å². The Labute approximate surface area is 244 Å². The zero-order chi connectivity index (χ0) is 28.7. The van der Waals surface area contributed by atoms with Gasteiger partial charge in [0.25, 0.3) is 0 Å². The molecule has 214 valence electrons. The van der Waals surface area contributed by atoms with Crippen molar-refractivity contribution in [3.05, 3.63) is 137 Å². The van der Waals surface area contributed by atoms with Crippen molar-refractivity contribution in [1.29, 1.82) is 0 Å². The summed E-state index contributed by atoms with van der Waals surface area (Å²) in [5.74, 6) is 0. The van der Waals surface area contributed by atoms with E-state index >= 15 is 0 Å². The normalized spacial score (nSPS) is 18.5. The number of carbonyl (C=O) groups is 1. The summed E-state index contributed by atoms with van der Waals surface area (Å²) >= 11 is 0. The van der Waals surface area contributed by atoms with Crippen LogP contribution in [-0.4, -0.2) is 26.8 Å². The van der Waals surface area contributed by atoms with E-state index in [0.29, 0.717) is 26.1 Å². The van der Waals surface area contributed by atoms with Gasteiger partial charge in [-0.1, -0.05) is 91.0 Å². The molecule has 42 heavy (non-hydrogen) atoms. The van der Waals surface area contributed by atoms with Gasteiger partial charge < -0.3 is 29.8 Å². The van der Waals surface area contributed by atoms with Crippen LogP contribution in [0.2, 0.25) is 0 Å². The predicted octanol–water partition coefficient (Wildman–Crippen LogP) is 5.77. The zero-order valence-electron chi connectivity index (χ0n) is 23.2. The number of amides is 2. The van der Waals surface area contributed by atoms with Crippen molar-refractivity contribution in [1.82, 2.24) is 20.2 Å². The first-order chi connectivity index (χ1) is 20.6. The van der Waals surface area contributed by atoms with E-state index < -0.39 is 6.29 Å². The van der Waals surface area contributed by atoms with Gasteiger partial charge in [-0.2, -0.15) is 0 Å². The maximum Gasteiger partial charge on any atom is 0.315 e. The Morgan fingerprint density at radius 2 is 1.43 bits per heavy atom. The lowest BCUT2D eigenvalue weighted by Crippen LogP contribution is -2.34. The molecule has 2 heterocycles. The molecule has 3 atom stereocenters. The number of nitrogens with zero attached hydrogens (tertiary/aromatic N) is 2. The molecule has 8 nitrogen and oxygen atoms in total. The molecule has 1 fully saturated rings. The Morgan fingerprint density at radius 1 is 0.786 bits per heavy atom. The van der Waals surface area contributed by atoms with Crippen LogP contribution in [0.3, 0.4) is 0 Å². The first-order valence-electron chi connectivity index (χ1n) is 14.2. The second-order valence-electron chi connectivity index (χ2n) is 10.5. The molecule has 0 spiro atoms. The van der Waals surface area contributed by atoms with Crippen molar-refractivity contribution in [2.24, 2.45) is 0 Å². The van der Waals surface area contributed by atoms with E-state index in [-0.39, 0.29) is 24.8 Å². The minimum Gasteiger partial charge on any atom is -0.392 e. The highest BCUT2D eigenvalue weighted by atomic mass is 16.7. The molecule has 0 bridgehead atoms. The number of rotatable bonds is 9. The third-order valence-corrected chi connectivity index (χ3v) is 7.54. The van der Waals surface area contributed by atoms with Gasteiger partial charge in [0.15, 0.2) is 6.29 Å². The minimum absolute atomic E-state index is 0.00373. The monoisotopic (exact) mass is 562 g/mol. The molecule has 1 saturated heterocycles. The van der Waals surface area contributed by atoms with Gasteiger partial charge in [-0.25, -0.2) is 9.78 Å². The molecule has 0 radical (unpaired) electrons. The van der Waals surface area contributed by atoms with E-state index in [1.54, 1.807) is 0 Å². The quantitative estimate of drug-likeness (QED) is 0.212. The minimum atomic E-state index is -0.558. The SMILES string of the molecule is O=C(NCc1ccccc1)NCc1ccc([C@@H]2O[C@H](Cn3cnc4ccccc43)C[C@H](c3ccc(CO)cc3)O2)cc1. The molecule has 0 unspecified atom stereocenters. The average molecular weight is 563 g/mol. The van der Waals surface area contributed by atoms with Gasteiger partial charge in [0, 0.05) is 25.1 Å². The molecule has 0 aliphatic carbocycles. The number of aliphatic hydroxyl groups excluding tert-OH is 1. The highest BCUT2D eigenvalue weighted by Gasteiger charge is 2.32. The van der Waals surface area contributed by atoms with Crippen LogP contribution in [0, 0.1) is 0 Å². The number of imidazole rings is 1. The number of aliphatic hydroxyl groups is 1. The lowest BCUT2D eigenvalue weighted by atomic mass is 10.00. The van der Waals surface area contributed by atoms with Gasteiger partial charge >= 0.3 is 6.03 Å². The Balaban J connectivity index is 1.13. The molecule has 4 aromatic carbocycles. The van der Waals surface area contributed by atoms with Crippen LogP contribution in [0.4, 0.5) is 4.79 Å². The number of hydrogen-bond donors (Lipinski definition) is 3. The molecular formula is C34H34N4O4. The number of aromatic nitrogens is 2. The largest absolute Gasteiger partial charge is 0.392 e. The maximum absolute atomic E-state index is 12.3. The van der Waals surface area contributed by atoms with E-state index in [2.05, 4.69) is 26.3 Å². The number of benzene rings is 4. The van der Waals surface area contributed by atoms with Crippen LogP contribution < -0.4 is 10.6 Å². The van der Waals surface area contributed by atoms with Crippen LogP contribution in [0.1, 0.15) is 46.6 Å². The number of urea groups is 1. The number of ether oxygens (including phenoxy) is 2. The highest BCUT2D eigenvalue weighted by Crippen LogP contribution is 2.38. The molecule has 3 N–H and O–H groups in total. The maximum atomic E-state index is 12.3. The van der Waals surface area contributed by atoms with Gasteiger partial charge in [0.1, 0.15) is 0 Å². The van der Waals surface area contributed by atoms with E-state index in [1.807, 2.05) is 103 Å². The van der Waals surface area contributed by atoms with E-state index in [0.717, 1.165) is 38.9 Å². The van der Waals surface area contributed by atoms with Gasteiger partial charge in [-0.3, -0.25) is 0 Å². The van der Waals surface area contributed by atoms with Crippen LogP contribution in [0.5, 0.6) is 0 Å². The Hall–Kier alpha value is -4.50. The lowest BCUT2D eigenvalue weighted by molar-refractivity contribution is -0.252. The van der Waals surface area contributed by atoms with Gasteiger partial charge in [0.2, 0.25) is 0 Å². The third-order valence-electron chi connectivity index (χ3n) is 7.54. The predicted molar refractivity (Wildman–Crippen MR) is 160 cm³/mol. The summed E-state index contributed by atoms with van der Waals surface area (Å²) in [6, 6.07) is 33.5. The van der Waals surface area contributed by atoms with Crippen molar-refractivity contribution in [3.8, 4) is 0 Å². The first kappa shape index (κ1) is 27.7. The van der Waals surface area contributed by atoms with Crippen LogP contribution in [0.25, 0.3) is 11.0 Å². The van der Waals surface area contributed by atoms with Gasteiger partial charge in [-0.15, -0.1) is 0 Å². The second-order valence-corrected chi connectivity index (χ2v) is 10.5. The summed E-state index contributed by atoms with van der Waals surface area (Å²) in [5.41, 5.74) is 6.86. The smallest absolute Gasteiger partial charge is 0.315 e. The van der Waals surface area contributed by atoms with Crippen molar-refractivity contribution in [3.63, 3.8) is 0 Å². The second kappa shape index (κ2) is 13.0. The molecule has 2 amide bonds. The van der Waals surface area contributed by atoms with Crippen LogP contribution >= 0.6 is 0 Å². The molecule has 0 saturated carbocycles. The molecule has 1 aliphatic rings. The number of carbonyl (C=O) groups excluding carboxylic acids is 1. The third kappa shape index (κ3) is 6.69. The zero-order valence-corrected chi connectivity index (χ0v) is 23.2. The number of nitrogens with one attached hydrogen (secondary N) is 2. The fourth-order valence-electron chi connectivity index (χ4n) is 5.22. The fraction of sp³-hybridized carbons (Fsp3) is 0.235. The Kier molecular flexibility index (Phi) is 8.56. The molecule has 5 aromatic rings. The van der Waals surface area contributed by atoms with Crippen molar-refractivity contribution in [2.75, 3.05) is 0 Å². The standard InChI is InChI=1S/C34H34N4O4/c39-22-26-12-14-27(15-13-26)32-18-29(21-38-23-37-30-8-4-5-9-31(30)38)41-33(42-32)28-16-10-25(11-17-28)20-36-34(40)35-19-24-6-2-1-3-7-24/h1-17,23,29,32-33,39H,18-22H2,(H2,35,36,40)/t29-,32+,33+/m0/s1. The fourth-order valence-corrected chi connectivity index (χ4v) is 5.22. The topological polar surface area (TPSA) is 97.6 Å². The lowest BCUT2D eigenvalue weighted by Gasteiger charge is -2.36. The van der Waals surface area contributed by atoms with E-state index in [4.69, 9.17) is 9.47 Å². The molecule has 6 rings (SSSR count). The number of para-hydroxylation sites is 2. The molecule has 1 aliphatic heterocycles. The average Bonchev–Trinajstić information content (AvgIpc) is 3.46. The van der Waals surface area contributed by atoms with Crippen molar-refractivity contribution >= 4 is 17.1 Å². The number of hydrogen-bond acceptors (Lipinski definition) is 5. The van der Waals surface area contributed by atoms with Gasteiger partial charge in [0.05, 0.1) is 42.7 Å². The van der Waals surface area contributed by atoms with Crippen molar-refractivity contribution in [2.45, 2.75) is 51.2 Å². The Morgan fingerprint density at radius 3 is 2.17 bits per heavy atom. The summed E-state index contributed by atoms with van der Waals surface area (Å²) in [7, 11) is 0. The highest BCUT2D eigenvalue weighted by molar-refractivity contribution is 5.75. The van der Waals surface area contributed by atoms with Crippen LogP contribution in [-0.2, 0) is 35.7 Å². The first-order valence-corrected chi connectivity index (χ1v) is 14.2. The van der Waals surface area contributed by atoms with Crippen LogP contribution in [0.15, 0.2) is 109 Å². The molecular weight excluding hydrogens is 528 g/mol. The summed E-state index contributed by atoms with van der Waals surface area (Å²) in [6.45, 7) is 1.53. The molecule has 1 aromatic heterocycles. The molecule has 8 heteroatoms. The summed E-state index contributed by atoms with van der Waals surface area (Å²) in [6.07, 6.45) is 1.70. The van der Waals surface area contributed by atoms with E-state index in [1.165, 1.54) is 0 Å².